The molecule has 2 rings (SSSR count). The van der Waals surface area contributed by atoms with Crippen molar-refractivity contribution in [2.45, 2.75) is 0 Å². The van der Waals surface area contributed by atoms with Gasteiger partial charge in [0.25, 0.3) is 0 Å². The third kappa shape index (κ3) is 2.60. The molecular formula is C10H15N5O. The lowest BCUT2D eigenvalue weighted by molar-refractivity contribution is 0.122. The Morgan fingerprint density at radius 3 is 2.75 bits per heavy atom. The van der Waals surface area contributed by atoms with Crippen LogP contribution in [0.15, 0.2) is 18.3 Å². The zero-order chi connectivity index (χ0) is 11.4. The van der Waals surface area contributed by atoms with E-state index >= 15 is 0 Å². The Morgan fingerprint density at radius 2 is 2.19 bits per heavy atom. The summed E-state index contributed by atoms with van der Waals surface area (Å²) in [5.74, 6) is 0.483. The lowest BCUT2D eigenvalue weighted by Gasteiger charge is -2.28. The minimum atomic E-state index is -0.105. The van der Waals surface area contributed by atoms with Gasteiger partial charge in [-0.1, -0.05) is 0 Å². The Hall–Kier alpha value is -1.82. The van der Waals surface area contributed by atoms with Crippen LogP contribution in [-0.4, -0.2) is 37.2 Å². The second kappa shape index (κ2) is 4.80. The summed E-state index contributed by atoms with van der Waals surface area (Å²) in [4.78, 5) is 6.40. The molecule has 0 saturated carbocycles. The largest absolute Gasteiger partial charge is 0.378 e. The van der Waals surface area contributed by atoms with Gasteiger partial charge in [-0.3, -0.25) is 5.41 Å². The van der Waals surface area contributed by atoms with Crippen LogP contribution in [0.1, 0.15) is 0 Å². The van der Waals surface area contributed by atoms with Crippen LogP contribution in [-0.2, 0) is 4.74 Å². The number of anilines is 2. The third-order valence-corrected chi connectivity index (χ3v) is 2.39. The fourth-order valence-electron chi connectivity index (χ4n) is 1.61. The number of morpholine rings is 1. The monoisotopic (exact) mass is 221 g/mol. The number of nitrogens with two attached hydrogens (primary N) is 1. The summed E-state index contributed by atoms with van der Waals surface area (Å²) in [6.45, 7) is 3.29. The highest BCUT2D eigenvalue weighted by molar-refractivity contribution is 5.88. The smallest absolute Gasteiger partial charge is 0.191 e. The van der Waals surface area contributed by atoms with Gasteiger partial charge in [-0.15, -0.1) is 0 Å². The van der Waals surface area contributed by atoms with Gasteiger partial charge < -0.3 is 20.7 Å². The van der Waals surface area contributed by atoms with Crippen molar-refractivity contribution in [2.24, 2.45) is 5.73 Å². The van der Waals surface area contributed by atoms with E-state index < -0.39 is 0 Å². The van der Waals surface area contributed by atoms with Crippen molar-refractivity contribution in [1.29, 1.82) is 5.41 Å². The number of rotatable bonds is 2. The van der Waals surface area contributed by atoms with Gasteiger partial charge in [0.05, 0.1) is 25.1 Å². The van der Waals surface area contributed by atoms with Crippen LogP contribution in [0.5, 0.6) is 0 Å². The minimum absolute atomic E-state index is 0.105. The highest BCUT2D eigenvalue weighted by atomic mass is 16.5. The number of aromatic nitrogens is 1. The highest BCUT2D eigenvalue weighted by Crippen LogP contribution is 2.16. The van der Waals surface area contributed by atoms with Gasteiger partial charge >= 0.3 is 0 Å². The second-order valence-corrected chi connectivity index (χ2v) is 3.54. The average Bonchev–Trinajstić information content (AvgIpc) is 2.30. The number of pyridine rings is 1. The van der Waals surface area contributed by atoms with Crippen molar-refractivity contribution in [2.75, 3.05) is 36.5 Å². The summed E-state index contributed by atoms with van der Waals surface area (Å²) in [6, 6.07) is 3.77. The molecule has 0 aliphatic carbocycles. The summed E-state index contributed by atoms with van der Waals surface area (Å²) in [6.07, 6.45) is 1.77. The molecule has 1 aliphatic rings. The van der Waals surface area contributed by atoms with E-state index in [2.05, 4.69) is 15.2 Å². The maximum absolute atomic E-state index is 7.08. The van der Waals surface area contributed by atoms with Gasteiger partial charge in [0.1, 0.15) is 5.82 Å². The van der Waals surface area contributed by atoms with Crippen LogP contribution >= 0.6 is 0 Å². The molecular weight excluding hydrogens is 206 g/mol. The molecule has 4 N–H and O–H groups in total. The van der Waals surface area contributed by atoms with Gasteiger partial charge in [0, 0.05) is 13.1 Å². The zero-order valence-corrected chi connectivity index (χ0v) is 8.94. The first-order valence-corrected chi connectivity index (χ1v) is 5.15. The van der Waals surface area contributed by atoms with Crippen molar-refractivity contribution < 1.29 is 4.74 Å². The number of hydrogen-bond acceptors (Lipinski definition) is 4. The van der Waals surface area contributed by atoms with Crippen LogP contribution in [0.4, 0.5) is 11.5 Å². The molecule has 1 fully saturated rings. The molecule has 0 atom stereocenters. The van der Waals surface area contributed by atoms with E-state index in [0.29, 0.717) is 5.82 Å². The summed E-state index contributed by atoms with van der Waals surface area (Å²) in [5.41, 5.74) is 6.28. The Labute approximate surface area is 93.9 Å². The predicted molar refractivity (Wildman–Crippen MR) is 62.8 cm³/mol. The first kappa shape index (κ1) is 10.7. The SMILES string of the molecule is N=C(N)Nc1ccc(N2CCOCC2)cn1. The predicted octanol–water partition coefficient (Wildman–Crippen LogP) is 0.224. The molecule has 2 heterocycles. The molecule has 1 aromatic heterocycles. The summed E-state index contributed by atoms with van der Waals surface area (Å²) >= 11 is 0. The van der Waals surface area contributed by atoms with E-state index in [9.17, 15) is 0 Å². The van der Waals surface area contributed by atoms with Crippen LogP contribution in [0.25, 0.3) is 0 Å². The Balaban J connectivity index is 2.03. The lowest BCUT2D eigenvalue weighted by atomic mass is 10.3. The number of guanidine groups is 1. The Kier molecular flexibility index (Phi) is 3.21. The fourth-order valence-corrected chi connectivity index (χ4v) is 1.61. The molecule has 6 heteroatoms. The van der Waals surface area contributed by atoms with Crippen LogP contribution in [0, 0.1) is 5.41 Å². The van der Waals surface area contributed by atoms with Gasteiger partial charge in [-0.25, -0.2) is 4.98 Å². The molecule has 0 amide bonds. The van der Waals surface area contributed by atoms with Crippen molar-refractivity contribution in [3.8, 4) is 0 Å². The molecule has 6 nitrogen and oxygen atoms in total. The molecule has 16 heavy (non-hydrogen) atoms. The van der Waals surface area contributed by atoms with Crippen molar-refractivity contribution in [1.82, 2.24) is 4.98 Å². The van der Waals surface area contributed by atoms with Crippen molar-refractivity contribution in [3.63, 3.8) is 0 Å². The molecule has 0 radical (unpaired) electrons. The molecule has 0 spiro atoms. The molecule has 1 aromatic rings. The highest BCUT2D eigenvalue weighted by Gasteiger charge is 2.11. The second-order valence-electron chi connectivity index (χ2n) is 3.54. The van der Waals surface area contributed by atoms with Gasteiger partial charge in [-0.2, -0.15) is 0 Å². The van der Waals surface area contributed by atoms with Crippen molar-refractivity contribution >= 4 is 17.5 Å². The van der Waals surface area contributed by atoms with Gasteiger partial charge in [0.15, 0.2) is 5.96 Å². The number of hydrogen-bond donors (Lipinski definition) is 3. The summed E-state index contributed by atoms with van der Waals surface area (Å²) in [5, 5.41) is 9.72. The number of ether oxygens (including phenoxy) is 1. The summed E-state index contributed by atoms with van der Waals surface area (Å²) in [7, 11) is 0. The third-order valence-electron chi connectivity index (χ3n) is 2.39. The summed E-state index contributed by atoms with van der Waals surface area (Å²) < 4.78 is 5.28. The van der Waals surface area contributed by atoms with E-state index in [0.717, 1.165) is 32.0 Å². The zero-order valence-electron chi connectivity index (χ0n) is 8.94. The van der Waals surface area contributed by atoms with Crippen LogP contribution in [0.2, 0.25) is 0 Å². The molecule has 0 aromatic carbocycles. The Bertz CT molecular complexity index is 358. The maximum Gasteiger partial charge on any atom is 0.191 e. The van der Waals surface area contributed by atoms with E-state index in [1.807, 2.05) is 12.1 Å². The quantitative estimate of drug-likeness (QED) is 0.491. The number of nitrogens with one attached hydrogen (secondary N) is 2. The molecule has 0 bridgehead atoms. The molecule has 86 valence electrons. The first-order chi connectivity index (χ1) is 7.75. The van der Waals surface area contributed by atoms with Crippen LogP contribution < -0.4 is 16.0 Å². The topological polar surface area (TPSA) is 87.3 Å². The molecule has 0 unspecified atom stereocenters. The minimum Gasteiger partial charge on any atom is -0.378 e. The number of nitrogens with zero attached hydrogens (tertiary/aromatic N) is 2. The lowest BCUT2D eigenvalue weighted by Crippen LogP contribution is -2.36. The first-order valence-electron chi connectivity index (χ1n) is 5.15. The standard InChI is InChI=1S/C10H15N5O/c11-10(12)14-9-2-1-8(7-13-9)15-3-5-16-6-4-15/h1-2,7H,3-6H2,(H4,11,12,13,14). The van der Waals surface area contributed by atoms with Crippen LogP contribution in [0.3, 0.4) is 0 Å². The van der Waals surface area contributed by atoms with Crippen molar-refractivity contribution in [3.05, 3.63) is 18.3 Å². The van der Waals surface area contributed by atoms with E-state index in [4.69, 9.17) is 15.9 Å². The molecule has 1 saturated heterocycles. The van der Waals surface area contributed by atoms with Gasteiger partial charge in [0.2, 0.25) is 0 Å². The van der Waals surface area contributed by atoms with E-state index in [-0.39, 0.29) is 5.96 Å². The normalized spacial score (nSPS) is 15.9. The molecule has 1 aliphatic heterocycles. The van der Waals surface area contributed by atoms with E-state index in [1.165, 1.54) is 0 Å². The van der Waals surface area contributed by atoms with Gasteiger partial charge in [-0.05, 0) is 12.1 Å². The average molecular weight is 221 g/mol. The maximum atomic E-state index is 7.08. The van der Waals surface area contributed by atoms with E-state index in [1.54, 1.807) is 6.20 Å². The fraction of sp³-hybridized carbons (Fsp3) is 0.400. The Morgan fingerprint density at radius 1 is 1.44 bits per heavy atom.